The summed E-state index contributed by atoms with van der Waals surface area (Å²) >= 11 is 0. The molecule has 0 aliphatic carbocycles. The number of allylic oxidation sites excluding steroid dienone is 12. The minimum absolute atomic E-state index is 0.0894. The highest BCUT2D eigenvalue weighted by molar-refractivity contribution is 7.47. The van der Waals surface area contributed by atoms with Crippen molar-refractivity contribution in [2.75, 3.05) is 39.6 Å². The van der Waals surface area contributed by atoms with Gasteiger partial charge in [0.2, 0.25) is 0 Å². The van der Waals surface area contributed by atoms with Crippen LogP contribution in [0, 0.1) is 0 Å². The van der Waals surface area contributed by atoms with Gasteiger partial charge in [0.15, 0.2) is 12.2 Å². The second-order valence-corrected chi connectivity index (χ2v) is 31.3. The van der Waals surface area contributed by atoms with Gasteiger partial charge in [0, 0.05) is 25.7 Å². The summed E-state index contributed by atoms with van der Waals surface area (Å²) in [6.07, 6.45) is 80.1. The van der Waals surface area contributed by atoms with Crippen molar-refractivity contribution in [2.45, 2.75) is 406 Å². The number of carbonyl (C=O) groups excluding carboxylic acids is 4. The number of aliphatic hydroxyl groups is 1. The number of carbonyl (C=O) groups is 4. The van der Waals surface area contributed by atoms with Crippen molar-refractivity contribution in [3.8, 4) is 0 Å². The zero-order valence-electron chi connectivity index (χ0n) is 66.5. The molecule has 0 aromatic carbocycles. The van der Waals surface area contributed by atoms with Gasteiger partial charge in [-0.1, -0.05) is 338 Å². The second kappa shape index (κ2) is 77.7. The lowest BCUT2D eigenvalue weighted by atomic mass is 10.0. The molecular weight excluding hydrogens is 1350 g/mol. The zero-order chi connectivity index (χ0) is 76.0. The molecule has 5 atom stereocenters. The molecule has 0 saturated carbocycles. The fourth-order valence-electron chi connectivity index (χ4n) is 11.7. The van der Waals surface area contributed by atoms with Gasteiger partial charge in [-0.3, -0.25) is 37.3 Å². The molecule has 17 nitrogen and oxygen atoms in total. The Labute approximate surface area is 634 Å². The molecule has 606 valence electrons. The van der Waals surface area contributed by atoms with Gasteiger partial charge in [0.1, 0.15) is 19.3 Å². The van der Waals surface area contributed by atoms with Crippen molar-refractivity contribution in [2.24, 2.45) is 0 Å². The van der Waals surface area contributed by atoms with Gasteiger partial charge in [-0.15, -0.1) is 0 Å². The summed E-state index contributed by atoms with van der Waals surface area (Å²) in [6, 6.07) is 0. The molecule has 0 saturated heterocycles. The van der Waals surface area contributed by atoms with E-state index in [0.717, 1.165) is 122 Å². The first-order valence-electron chi connectivity index (χ1n) is 42.2. The number of rotatable bonds is 80. The Hall–Kier alpha value is -3.50. The molecule has 0 spiro atoms. The molecule has 19 heteroatoms. The maximum atomic E-state index is 13.1. The van der Waals surface area contributed by atoms with Gasteiger partial charge in [0.25, 0.3) is 0 Å². The van der Waals surface area contributed by atoms with Gasteiger partial charge < -0.3 is 33.8 Å². The average Bonchev–Trinajstić information content (AvgIpc) is 0.926. The van der Waals surface area contributed by atoms with E-state index in [2.05, 4.69) is 88.5 Å². The Morgan fingerprint density at radius 2 is 0.481 bits per heavy atom. The Bertz CT molecular complexity index is 2250. The summed E-state index contributed by atoms with van der Waals surface area (Å²) in [6.45, 7) is 4.84. The third kappa shape index (κ3) is 76.7. The molecular formula is C85H154O17P2. The van der Waals surface area contributed by atoms with E-state index >= 15 is 0 Å². The van der Waals surface area contributed by atoms with Crippen molar-refractivity contribution in [1.29, 1.82) is 0 Å². The van der Waals surface area contributed by atoms with Crippen LogP contribution >= 0.6 is 15.6 Å². The maximum absolute atomic E-state index is 13.1. The fraction of sp³-hybridized carbons (Fsp3) is 0.812. The molecule has 0 heterocycles. The molecule has 0 aliphatic heterocycles. The lowest BCUT2D eigenvalue weighted by Crippen LogP contribution is -2.30. The molecule has 0 bridgehead atoms. The average molecular weight is 1510 g/mol. The Morgan fingerprint density at radius 3 is 0.779 bits per heavy atom. The number of esters is 4. The molecule has 0 aromatic heterocycles. The van der Waals surface area contributed by atoms with Crippen LogP contribution in [0.4, 0.5) is 0 Å². The van der Waals surface area contributed by atoms with Crippen LogP contribution in [-0.4, -0.2) is 96.7 Å². The molecule has 0 amide bonds. The van der Waals surface area contributed by atoms with Crippen molar-refractivity contribution in [1.82, 2.24) is 0 Å². The minimum Gasteiger partial charge on any atom is -0.462 e. The van der Waals surface area contributed by atoms with E-state index in [9.17, 15) is 43.2 Å². The van der Waals surface area contributed by atoms with Crippen molar-refractivity contribution in [3.05, 3.63) is 72.9 Å². The normalized spacial score (nSPS) is 14.2. The number of unbranched alkanes of at least 4 members (excludes halogenated alkanes) is 42. The van der Waals surface area contributed by atoms with E-state index in [1.54, 1.807) is 0 Å². The molecule has 0 fully saturated rings. The largest absolute Gasteiger partial charge is 0.472 e. The second-order valence-electron chi connectivity index (χ2n) is 28.4. The molecule has 2 unspecified atom stereocenters. The van der Waals surface area contributed by atoms with Gasteiger partial charge in [0.05, 0.1) is 26.4 Å². The Balaban J connectivity index is 5.38. The predicted octanol–water partition coefficient (Wildman–Crippen LogP) is 24.8. The summed E-state index contributed by atoms with van der Waals surface area (Å²) in [5, 5.41) is 10.7. The van der Waals surface area contributed by atoms with E-state index in [1.807, 2.05) is 12.2 Å². The van der Waals surface area contributed by atoms with Crippen LogP contribution < -0.4 is 0 Å². The summed E-state index contributed by atoms with van der Waals surface area (Å²) in [5.41, 5.74) is 0. The van der Waals surface area contributed by atoms with Crippen molar-refractivity contribution in [3.63, 3.8) is 0 Å². The van der Waals surface area contributed by atoms with E-state index in [0.29, 0.717) is 32.1 Å². The van der Waals surface area contributed by atoms with E-state index < -0.39 is 97.5 Å². The standard InChI is InChI=1S/C85H154O17P2/c1-5-9-13-17-21-25-29-33-37-39-43-46-50-54-58-62-66-70-83(88)96-76-81(102-85(90)72-68-64-60-56-52-48-44-40-38-34-30-26-22-18-14-10-6-2)78-100-104(93,94)98-74-79(86)73-97-103(91,92)99-77-80(101-84(89)71-67-63-59-55-51-47-42-36-32-28-24-20-16-12-8-4)75-95-82(87)69-65-61-57-53-49-45-41-35-31-27-23-19-15-11-7-3/h21,23,25,27,33,35,37,41,43,46,54,58,79-81,86H,5-20,22,24,26,28-32,34,36,38-40,42,44-45,47-53,55-57,59-78H2,1-4H3,(H,91,92)(H,93,94)/b25-21-,27-23-,37-33-,41-35-,46-43-,58-54-/t79-,80-,81-/m1/s1. The van der Waals surface area contributed by atoms with Crippen LogP contribution in [0.3, 0.4) is 0 Å². The highest BCUT2D eigenvalue weighted by Gasteiger charge is 2.30. The highest BCUT2D eigenvalue weighted by Crippen LogP contribution is 2.45. The monoisotopic (exact) mass is 1510 g/mol. The molecule has 0 aromatic rings. The van der Waals surface area contributed by atoms with Crippen LogP contribution in [-0.2, 0) is 65.4 Å². The minimum atomic E-state index is -4.99. The topological polar surface area (TPSA) is 237 Å². The SMILES string of the molecule is CCCCC/C=C\C/C=C\C/C=C\C/C=C\CCCC(=O)OC[C@H](COP(=O)(O)OC[C@H](O)COP(=O)(O)OC[C@@H](COC(=O)CCCCCCC/C=C\C/C=C\CCCCC)OC(=O)CCCCCCCCCCCCCCCCC)OC(=O)CCCCCCCCCCCCCCCCCCC. The van der Waals surface area contributed by atoms with Crippen LogP contribution in [0.25, 0.3) is 0 Å². The van der Waals surface area contributed by atoms with Crippen molar-refractivity contribution < 1.29 is 80.2 Å². The van der Waals surface area contributed by atoms with Crippen LogP contribution in [0.15, 0.2) is 72.9 Å². The van der Waals surface area contributed by atoms with Gasteiger partial charge in [-0.2, -0.15) is 0 Å². The first kappa shape index (κ1) is 100. The molecule has 0 radical (unpaired) electrons. The number of ether oxygens (including phenoxy) is 4. The number of phosphoric acid groups is 2. The number of hydrogen-bond acceptors (Lipinski definition) is 15. The predicted molar refractivity (Wildman–Crippen MR) is 427 cm³/mol. The first-order valence-corrected chi connectivity index (χ1v) is 45.2. The number of hydrogen-bond donors (Lipinski definition) is 3. The quantitative estimate of drug-likeness (QED) is 0.0169. The first-order chi connectivity index (χ1) is 50.7. The highest BCUT2D eigenvalue weighted by atomic mass is 31.2. The summed E-state index contributed by atoms with van der Waals surface area (Å²) in [7, 11) is -9.96. The lowest BCUT2D eigenvalue weighted by Gasteiger charge is -2.21. The van der Waals surface area contributed by atoms with Crippen molar-refractivity contribution >= 4 is 39.5 Å². The molecule has 3 N–H and O–H groups in total. The van der Waals surface area contributed by atoms with Gasteiger partial charge in [-0.05, 0) is 96.3 Å². The smallest absolute Gasteiger partial charge is 0.462 e. The number of aliphatic hydroxyl groups excluding tert-OH is 1. The van der Waals surface area contributed by atoms with Crippen LogP contribution in [0.1, 0.15) is 387 Å². The fourth-order valence-corrected chi connectivity index (χ4v) is 13.3. The van der Waals surface area contributed by atoms with Crippen LogP contribution in [0.5, 0.6) is 0 Å². The van der Waals surface area contributed by atoms with E-state index in [4.69, 9.17) is 37.0 Å². The van der Waals surface area contributed by atoms with E-state index in [1.165, 1.54) is 180 Å². The summed E-state index contributed by atoms with van der Waals surface area (Å²) in [4.78, 5) is 73.1. The molecule has 0 aliphatic rings. The third-order valence-corrected chi connectivity index (χ3v) is 20.1. The molecule has 0 rings (SSSR count). The Morgan fingerprint density at radius 1 is 0.269 bits per heavy atom. The van der Waals surface area contributed by atoms with Crippen LogP contribution in [0.2, 0.25) is 0 Å². The number of phosphoric ester groups is 2. The molecule has 104 heavy (non-hydrogen) atoms. The van der Waals surface area contributed by atoms with Gasteiger partial charge >= 0.3 is 39.5 Å². The van der Waals surface area contributed by atoms with Gasteiger partial charge in [-0.25, -0.2) is 9.13 Å². The Kier molecular flexibility index (Phi) is 75.0. The zero-order valence-corrected chi connectivity index (χ0v) is 68.2. The maximum Gasteiger partial charge on any atom is 0.472 e. The van der Waals surface area contributed by atoms with E-state index in [-0.39, 0.29) is 25.7 Å². The third-order valence-electron chi connectivity index (χ3n) is 18.2. The lowest BCUT2D eigenvalue weighted by molar-refractivity contribution is -0.161. The summed E-state index contributed by atoms with van der Waals surface area (Å²) < 4.78 is 68.7. The summed E-state index contributed by atoms with van der Waals surface area (Å²) in [5.74, 6) is -2.22.